The molecule has 1 amide bonds. The molecule has 0 aliphatic rings. The van der Waals surface area contributed by atoms with Gasteiger partial charge in [-0.1, -0.05) is 12.1 Å². The fraction of sp³-hybridized carbons (Fsp3) is 0.276. The summed E-state index contributed by atoms with van der Waals surface area (Å²) in [6.07, 6.45) is 2.32. The molecule has 0 saturated heterocycles. The summed E-state index contributed by atoms with van der Waals surface area (Å²) in [5.41, 5.74) is 1.66. The molecule has 9 heteroatoms. The topological polar surface area (TPSA) is 112 Å². The summed E-state index contributed by atoms with van der Waals surface area (Å²) in [6.45, 7) is 7.75. The number of pyridine rings is 1. The number of aldehydes is 1. The molecule has 0 aliphatic heterocycles. The van der Waals surface area contributed by atoms with E-state index in [2.05, 4.69) is 10.3 Å². The van der Waals surface area contributed by atoms with Crippen molar-refractivity contribution in [2.45, 2.75) is 39.8 Å². The molecule has 0 atom stereocenters. The van der Waals surface area contributed by atoms with Crippen molar-refractivity contribution in [2.75, 3.05) is 13.7 Å². The zero-order chi connectivity index (χ0) is 27.4. The van der Waals surface area contributed by atoms with Crippen molar-refractivity contribution < 1.29 is 19.1 Å². The Morgan fingerprint density at radius 1 is 1.05 bits per heavy atom. The fourth-order valence-corrected chi connectivity index (χ4v) is 4.10. The maximum atomic E-state index is 13.9. The minimum atomic E-state index is -0.475. The van der Waals surface area contributed by atoms with Crippen molar-refractivity contribution in [2.24, 2.45) is 0 Å². The Morgan fingerprint density at radius 3 is 2.50 bits per heavy atom. The number of carbonyl (C=O) groups excluding carboxylic acids is 2. The fourth-order valence-electron chi connectivity index (χ4n) is 4.10. The number of rotatable bonds is 8. The number of methoxy groups -OCH3 is 1. The first-order chi connectivity index (χ1) is 18.1. The predicted molar refractivity (Wildman–Crippen MR) is 146 cm³/mol. The van der Waals surface area contributed by atoms with Crippen LogP contribution in [0.1, 0.15) is 38.1 Å². The molecule has 38 heavy (non-hydrogen) atoms. The van der Waals surface area contributed by atoms with Gasteiger partial charge in [-0.15, -0.1) is 0 Å². The average molecular weight is 515 g/mol. The molecule has 0 aliphatic carbocycles. The molecule has 0 fully saturated rings. The lowest BCUT2D eigenvalue weighted by atomic mass is 10.0. The van der Waals surface area contributed by atoms with Gasteiger partial charge < -0.3 is 14.8 Å². The van der Waals surface area contributed by atoms with Crippen LogP contribution in [0.2, 0.25) is 0 Å². The van der Waals surface area contributed by atoms with Crippen LogP contribution in [0.4, 0.5) is 0 Å². The van der Waals surface area contributed by atoms with Crippen LogP contribution in [0.25, 0.3) is 33.5 Å². The monoisotopic (exact) mass is 514 g/mol. The summed E-state index contributed by atoms with van der Waals surface area (Å²) in [5, 5.41) is 3.14. The van der Waals surface area contributed by atoms with E-state index in [-0.39, 0.29) is 23.5 Å². The molecule has 4 rings (SSSR count). The van der Waals surface area contributed by atoms with Crippen LogP contribution >= 0.6 is 0 Å². The van der Waals surface area contributed by atoms with Gasteiger partial charge in [0, 0.05) is 28.4 Å². The van der Waals surface area contributed by atoms with Crippen LogP contribution < -0.4 is 20.3 Å². The van der Waals surface area contributed by atoms with Gasteiger partial charge >= 0.3 is 0 Å². The van der Waals surface area contributed by atoms with Crippen LogP contribution in [0.3, 0.4) is 0 Å². The lowest BCUT2D eigenvalue weighted by molar-refractivity contribution is -0.123. The summed E-state index contributed by atoms with van der Waals surface area (Å²) in [5.74, 6) is 1.11. The van der Waals surface area contributed by atoms with E-state index in [0.717, 1.165) is 6.29 Å². The van der Waals surface area contributed by atoms with E-state index in [1.54, 1.807) is 48.7 Å². The number of hydrogen-bond donors (Lipinski definition) is 1. The number of amides is 1. The number of fused-ring (bicyclic) bond motifs is 1. The van der Waals surface area contributed by atoms with Crippen LogP contribution in [0, 0.1) is 0 Å². The second-order valence-corrected chi connectivity index (χ2v) is 9.79. The molecule has 0 unspecified atom stereocenters. The first kappa shape index (κ1) is 26.5. The molecular weight excluding hydrogens is 484 g/mol. The van der Waals surface area contributed by atoms with Gasteiger partial charge in [-0.3, -0.25) is 19.0 Å². The van der Waals surface area contributed by atoms with E-state index in [1.165, 1.54) is 11.7 Å². The van der Waals surface area contributed by atoms with Gasteiger partial charge in [0.05, 0.1) is 19.1 Å². The second-order valence-electron chi connectivity index (χ2n) is 9.79. The molecule has 0 saturated carbocycles. The largest absolute Gasteiger partial charge is 0.497 e. The van der Waals surface area contributed by atoms with Crippen molar-refractivity contribution in [3.8, 4) is 34.0 Å². The number of ether oxygens (including phenoxy) is 2. The third-order valence-corrected chi connectivity index (χ3v) is 5.66. The Bertz CT molecular complexity index is 1570. The zero-order valence-corrected chi connectivity index (χ0v) is 22.1. The van der Waals surface area contributed by atoms with Crippen molar-refractivity contribution in [3.63, 3.8) is 0 Å². The Kier molecular flexibility index (Phi) is 7.57. The Balaban J connectivity index is 1.91. The van der Waals surface area contributed by atoms with Crippen LogP contribution in [0.15, 0.2) is 59.5 Å². The standard InChI is InChI=1S/C29H30N4O5/c1-6-38-22-9-7-8-19(12-22)27-31-26-24(28(36)33(27)16-25(35)32-29(2,3)4)14-21(15-30-26)20-10-18(17-34)11-23(13-20)37-5/h7-15,17H,6,16H2,1-5H3,(H,32,35). The summed E-state index contributed by atoms with van der Waals surface area (Å²) in [4.78, 5) is 47.4. The van der Waals surface area contributed by atoms with Gasteiger partial charge in [0.2, 0.25) is 5.91 Å². The highest BCUT2D eigenvalue weighted by Crippen LogP contribution is 2.28. The van der Waals surface area contributed by atoms with Crippen molar-refractivity contribution in [1.82, 2.24) is 19.9 Å². The highest BCUT2D eigenvalue weighted by Gasteiger charge is 2.20. The third-order valence-electron chi connectivity index (χ3n) is 5.66. The number of hydrogen-bond acceptors (Lipinski definition) is 7. The van der Waals surface area contributed by atoms with E-state index in [9.17, 15) is 14.4 Å². The van der Waals surface area contributed by atoms with Gasteiger partial charge in [0.15, 0.2) is 5.65 Å². The Morgan fingerprint density at radius 2 is 1.82 bits per heavy atom. The molecule has 9 nitrogen and oxygen atoms in total. The predicted octanol–water partition coefficient (Wildman–Crippen LogP) is 4.26. The van der Waals surface area contributed by atoms with Crippen LogP contribution in [0.5, 0.6) is 11.5 Å². The minimum absolute atomic E-state index is 0.230. The maximum absolute atomic E-state index is 13.9. The first-order valence-electron chi connectivity index (χ1n) is 12.2. The average Bonchev–Trinajstić information content (AvgIpc) is 2.89. The molecule has 0 bridgehead atoms. The smallest absolute Gasteiger partial charge is 0.263 e. The summed E-state index contributed by atoms with van der Waals surface area (Å²) in [7, 11) is 1.51. The number of benzene rings is 2. The number of nitrogens with zero attached hydrogens (tertiary/aromatic N) is 3. The summed E-state index contributed by atoms with van der Waals surface area (Å²) < 4.78 is 12.3. The highest BCUT2D eigenvalue weighted by atomic mass is 16.5. The Hall–Kier alpha value is -4.53. The van der Waals surface area contributed by atoms with E-state index in [1.807, 2.05) is 33.8 Å². The molecule has 2 heterocycles. The van der Waals surface area contributed by atoms with Crippen molar-refractivity contribution >= 4 is 23.2 Å². The van der Waals surface area contributed by atoms with Crippen LogP contribution in [-0.2, 0) is 11.3 Å². The lowest BCUT2D eigenvalue weighted by Crippen LogP contribution is -2.43. The molecule has 2 aromatic carbocycles. The van der Waals surface area contributed by atoms with Crippen LogP contribution in [-0.4, -0.2) is 46.0 Å². The lowest BCUT2D eigenvalue weighted by Gasteiger charge is -2.21. The summed E-state index contributed by atoms with van der Waals surface area (Å²) >= 11 is 0. The highest BCUT2D eigenvalue weighted by molar-refractivity contribution is 5.85. The molecule has 0 radical (unpaired) electrons. The van der Waals surface area contributed by atoms with Gasteiger partial charge in [-0.2, -0.15) is 0 Å². The SMILES string of the molecule is CCOc1cccc(-c2nc3ncc(-c4cc(C=O)cc(OC)c4)cc3c(=O)n2CC(=O)NC(C)(C)C)c1. The maximum Gasteiger partial charge on any atom is 0.263 e. The zero-order valence-electron chi connectivity index (χ0n) is 22.1. The van der Waals surface area contributed by atoms with Gasteiger partial charge in [0.25, 0.3) is 5.56 Å². The summed E-state index contributed by atoms with van der Waals surface area (Å²) in [6, 6.07) is 13.9. The molecule has 196 valence electrons. The van der Waals surface area contributed by atoms with E-state index in [0.29, 0.717) is 46.2 Å². The van der Waals surface area contributed by atoms with E-state index >= 15 is 0 Å². The molecule has 0 spiro atoms. The third kappa shape index (κ3) is 5.88. The van der Waals surface area contributed by atoms with E-state index in [4.69, 9.17) is 14.5 Å². The Labute approximate surface area is 220 Å². The van der Waals surface area contributed by atoms with Gasteiger partial charge in [-0.05, 0) is 69.7 Å². The molecule has 4 aromatic rings. The van der Waals surface area contributed by atoms with Crippen molar-refractivity contribution in [3.05, 3.63) is 70.6 Å². The molecule has 1 N–H and O–H groups in total. The number of carbonyl (C=O) groups is 2. The van der Waals surface area contributed by atoms with Gasteiger partial charge in [-0.25, -0.2) is 9.97 Å². The normalized spacial score (nSPS) is 11.3. The quantitative estimate of drug-likeness (QED) is 0.350. The first-order valence-corrected chi connectivity index (χ1v) is 12.2. The van der Waals surface area contributed by atoms with Gasteiger partial charge in [0.1, 0.15) is 30.2 Å². The van der Waals surface area contributed by atoms with E-state index < -0.39 is 11.1 Å². The minimum Gasteiger partial charge on any atom is -0.497 e. The second kappa shape index (κ2) is 10.8. The molecule has 2 aromatic heterocycles. The number of aromatic nitrogens is 3. The number of nitrogens with one attached hydrogen (secondary N) is 1. The molecular formula is C29H30N4O5. The van der Waals surface area contributed by atoms with Crippen molar-refractivity contribution in [1.29, 1.82) is 0 Å².